The normalized spacial score (nSPS) is 15.8. The second-order valence-electron chi connectivity index (χ2n) is 9.60. The van der Waals surface area contributed by atoms with Gasteiger partial charge in [-0.15, -0.1) is 10.2 Å². The minimum absolute atomic E-state index is 0.0780. The summed E-state index contributed by atoms with van der Waals surface area (Å²) in [4.78, 5) is 0.234. The number of ether oxygens (including phenoxy) is 1. The van der Waals surface area contributed by atoms with E-state index in [1.165, 1.54) is 5.39 Å². The van der Waals surface area contributed by atoms with Crippen molar-refractivity contribution in [3.05, 3.63) is 90.5 Å². The molecule has 1 atom stereocenters. The predicted octanol–water partition coefficient (Wildman–Crippen LogP) is 5.96. The van der Waals surface area contributed by atoms with Crippen molar-refractivity contribution in [2.75, 3.05) is 18.5 Å². The van der Waals surface area contributed by atoms with Crippen LogP contribution in [0.4, 0.5) is 11.5 Å². The second-order valence-corrected chi connectivity index (χ2v) is 11.3. The van der Waals surface area contributed by atoms with Gasteiger partial charge in [0.15, 0.2) is 5.82 Å². The molecule has 4 aromatic carbocycles. The van der Waals surface area contributed by atoms with Crippen LogP contribution >= 0.6 is 0 Å². The number of benzene rings is 4. The number of aryl methyl sites for hydroxylation is 1. The van der Waals surface area contributed by atoms with Crippen LogP contribution in [0.3, 0.4) is 0 Å². The molecule has 6 rings (SSSR count). The van der Waals surface area contributed by atoms with Gasteiger partial charge in [0.05, 0.1) is 11.0 Å². The Morgan fingerprint density at radius 3 is 2.50 bits per heavy atom. The van der Waals surface area contributed by atoms with Crippen molar-refractivity contribution in [3.63, 3.8) is 0 Å². The molecule has 2 heterocycles. The monoisotopic (exact) mass is 524 g/mol. The van der Waals surface area contributed by atoms with E-state index in [0.717, 1.165) is 34.7 Å². The van der Waals surface area contributed by atoms with E-state index in [1.54, 1.807) is 13.0 Å². The maximum atomic E-state index is 13.2. The van der Waals surface area contributed by atoms with Gasteiger partial charge < -0.3 is 10.1 Å². The predicted molar refractivity (Wildman–Crippen MR) is 151 cm³/mol. The highest BCUT2D eigenvalue weighted by atomic mass is 32.2. The van der Waals surface area contributed by atoms with E-state index in [2.05, 4.69) is 44.5 Å². The SMILES string of the molecule is Cc1ccc(-c2nnc(Nc3ccc4ccccc4c3)c3ccccc23)cc1S(=O)(=O)NC[C@H]1CCCO1. The topological polar surface area (TPSA) is 93.2 Å². The van der Waals surface area contributed by atoms with Gasteiger partial charge in [-0.25, -0.2) is 13.1 Å². The molecule has 1 fully saturated rings. The first kappa shape index (κ1) is 24.5. The summed E-state index contributed by atoms with van der Waals surface area (Å²) in [6.07, 6.45) is 1.74. The van der Waals surface area contributed by atoms with Crippen LogP contribution in [-0.2, 0) is 14.8 Å². The molecule has 0 bridgehead atoms. The van der Waals surface area contributed by atoms with Crippen LogP contribution in [0, 0.1) is 6.92 Å². The number of anilines is 2. The number of aromatic nitrogens is 2. The zero-order valence-corrected chi connectivity index (χ0v) is 21.8. The van der Waals surface area contributed by atoms with Crippen LogP contribution in [0.2, 0.25) is 0 Å². The van der Waals surface area contributed by atoms with E-state index >= 15 is 0 Å². The van der Waals surface area contributed by atoms with E-state index in [-0.39, 0.29) is 17.5 Å². The Bertz CT molecular complexity index is 1750. The molecule has 0 aliphatic carbocycles. The number of rotatable bonds is 7. The minimum Gasteiger partial charge on any atom is -0.377 e. The first-order valence-electron chi connectivity index (χ1n) is 12.7. The fourth-order valence-corrected chi connectivity index (χ4v) is 6.27. The van der Waals surface area contributed by atoms with Gasteiger partial charge in [0.2, 0.25) is 10.0 Å². The number of nitrogens with zero attached hydrogens (tertiary/aromatic N) is 2. The van der Waals surface area contributed by atoms with Gasteiger partial charge in [0, 0.05) is 35.2 Å². The fraction of sp³-hybridized carbons (Fsp3) is 0.200. The lowest BCUT2D eigenvalue weighted by atomic mass is 10.0. The smallest absolute Gasteiger partial charge is 0.240 e. The molecular weight excluding hydrogens is 496 g/mol. The second kappa shape index (κ2) is 10.1. The summed E-state index contributed by atoms with van der Waals surface area (Å²) >= 11 is 0. The minimum atomic E-state index is -3.72. The average Bonchev–Trinajstić information content (AvgIpc) is 3.46. The third-order valence-electron chi connectivity index (χ3n) is 6.98. The summed E-state index contributed by atoms with van der Waals surface area (Å²) in [7, 11) is -3.72. The molecule has 1 aromatic heterocycles. The maximum Gasteiger partial charge on any atom is 0.240 e. The largest absolute Gasteiger partial charge is 0.377 e. The molecule has 7 nitrogen and oxygen atoms in total. The van der Waals surface area contributed by atoms with E-state index in [1.807, 2.05) is 54.6 Å². The summed E-state index contributed by atoms with van der Waals surface area (Å²) in [6, 6.07) is 27.6. The summed E-state index contributed by atoms with van der Waals surface area (Å²) in [5.41, 5.74) is 2.90. The van der Waals surface area contributed by atoms with Crippen molar-refractivity contribution < 1.29 is 13.2 Å². The zero-order valence-electron chi connectivity index (χ0n) is 21.0. The Morgan fingerprint density at radius 2 is 1.68 bits per heavy atom. The standard InChI is InChI=1S/C30H28N4O3S/c1-20-12-13-23(18-28(20)38(35,36)31-19-25-9-6-16-37-25)29-26-10-4-5-11-27(26)30(34-33-29)32-24-15-14-21-7-2-3-8-22(21)17-24/h2-5,7-8,10-15,17-18,25,31H,6,9,16,19H2,1H3,(H,32,34)/t25-/m1/s1. The number of fused-ring (bicyclic) bond motifs is 2. The molecule has 2 N–H and O–H groups in total. The Labute approximate surface area is 221 Å². The Hall–Kier alpha value is -3.85. The Morgan fingerprint density at radius 1 is 0.895 bits per heavy atom. The molecule has 0 spiro atoms. The molecule has 8 heteroatoms. The number of hydrogen-bond acceptors (Lipinski definition) is 6. The highest BCUT2D eigenvalue weighted by Gasteiger charge is 2.23. The van der Waals surface area contributed by atoms with E-state index in [4.69, 9.17) is 4.74 Å². The van der Waals surface area contributed by atoms with Gasteiger partial charge >= 0.3 is 0 Å². The van der Waals surface area contributed by atoms with Gasteiger partial charge in [-0.1, -0.05) is 66.7 Å². The molecule has 1 aliphatic rings. The van der Waals surface area contributed by atoms with Gasteiger partial charge in [-0.3, -0.25) is 0 Å². The van der Waals surface area contributed by atoms with E-state index in [9.17, 15) is 8.42 Å². The van der Waals surface area contributed by atoms with Crippen LogP contribution in [0.1, 0.15) is 18.4 Å². The molecule has 0 amide bonds. The van der Waals surface area contributed by atoms with Gasteiger partial charge in [-0.2, -0.15) is 0 Å². The molecule has 1 saturated heterocycles. The van der Waals surface area contributed by atoms with Crippen molar-refractivity contribution in [2.24, 2.45) is 0 Å². The molecule has 0 unspecified atom stereocenters. The summed E-state index contributed by atoms with van der Waals surface area (Å²) < 4.78 is 34.7. The van der Waals surface area contributed by atoms with Crippen molar-refractivity contribution in [1.29, 1.82) is 0 Å². The first-order chi connectivity index (χ1) is 18.5. The number of hydrogen-bond donors (Lipinski definition) is 2. The lowest BCUT2D eigenvalue weighted by molar-refractivity contribution is 0.114. The fourth-order valence-electron chi connectivity index (χ4n) is 4.94. The zero-order chi connectivity index (χ0) is 26.1. The summed E-state index contributed by atoms with van der Waals surface area (Å²) in [5.74, 6) is 0.637. The molecular formula is C30H28N4O3S. The molecule has 192 valence electrons. The molecule has 0 radical (unpaired) electrons. The quantitative estimate of drug-likeness (QED) is 0.273. The maximum absolute atomic E-state index is 13.2. The Balaban J connectivity index is 1.35. The number of sulfonamides is 1. The number of nitrogens with one attached hydrogen (secondary N) is 2. The van der Waals surface area contributed by atoms with Crippen LogP contribution in [0.5, 0.6) is 0 Å². The third-order valence-corrected chi connectivity index (χ3v) is 8.54. The lowest BCUT2D eigenvalue weighted by Crippen LogP contribution is -2.32. The third kappa shape index (κ3) is 4.86. The van der Waals surface area contributed by atoms with Crippen LogP contribution in [0.15, 0.2) is 89.8 Å². The lowest BCUT2D eigenvalue weighted by Gasteiger charge is -2.15. The molecule has 5 aromatic rings. The average molecular weight is 525 g/mol. The van der Waals surface area contributed by atoms with E-state index < -0.39 is 10.0 Å². The van der Waals surface area contributed by atoms with Gasteiger partial charge in [0.25, 0.3) is 0 Å². The highest BCUT2D eigenvalue weighted by molar-refractivity contribution is 7.89. The van der Waals surface area contributed by atoms with Crippen molar-refractivity contribution in [1.82, 2.24) is 14.9 Å². The first-order valence-corrected chi connectivity index (χ1v) is 14.2. The van der Waals surface area contributed by atoms with Crippen molar-refractivity contribution in [2.45, 2.75) is 30.8 Å². The van der Waals surface area contributed by atoms with Crippen LogP contribution in [-0.4, -0.2) is 37.9 Å². The van der Waals surface area contributed by atoms with Gasteiger partial charge in [0.1, 0.15) is 5.69 Å². The molecule has 1 aliphatic heterocycles. The van der Waals surface area contributed by atoms with Crippen molar-refractivity contribution >= 4 is 43.1 Å². The van der Waals surface area contributed by atoms with E-state index in [0.29, 0.717) is 29.2 Å². The summed E-state index contributed by atoms with van der Waals surface area (Å²) in [5, 5.41) is 16.6. The van der Waals surface area contributed by atoms with Crippen LogP contribution in [0.25, 0.3) is 32.8 Å². The molecule has 38 heavy (non-hydrogen) atoms. The summed E-state index contributed by atoms with van der Waals surface area (Å²) in [6.45, 7) is 2.74. The molecule has 0 saturated carbocycles. The van der Waals surface area contributed by atoms with Crippen molar-refractivity contribution in [3.8, 4) is 11.3 Å². The Kier molecular flexibility index (Phi) is 6.53. The van der Waals surface area contributed by atoms with Gasteiger partial charge in [-0.05, 0) is 54.3 Å². The highest BCUT2D eigenvalue weighted by Crippen LogP contribution is 2.33. The van der Waals surface area contributed by atoms with Crippen LogP contribution < -0.4 is 10.0 Å².